The molecule has 0 N–H and O–H groups in total. The number of rotatable bonds is 5. The van der Waals surface area contributed by atoms with Crippen LogP contribution in [0.1, 0.15) is 24.3 Å². The molecule has 20 heavy (non-hydrogen) atoms. The van der Waals surface area contributed by atoms with Crippen molar-refractivity contribution in [2.24, 2.45) is 0 Å². The Balaban J connectivity index is 2.14. The second kappa shape index (κ2) is 6.99. The summed E-state index contributed by atoms with van der Waals surface area (Å²) in [6.07, 6.45) is 1.75. The average Bonchev–Trinajstić information content (AvgIpc) is 2.44. The lowest BCUT2D eigenvalue weighted by molar-refractivity contribution is 0.127. The Morgan fingerprint density at radius 2 is 1.95 bits per heavy atom. The van der Waals surface area contributed by atoms with E-state index < -0.39 is 11.6 Å². The Morgan fingerprint density at radius 3 is 2.55 bits per heavy atom. The molecule has 0 spiro atoms. The third-order valence-corrected chi connectivity index (χ3v) is 3.81. The summed E-state index contributed by atoms with van der Waals surface area (Å²) in [5.74, 6) is -0.914. The highest BCUT2D eigenvalue weighted by molar-refractivity contribution is 5.33. The molecule has 1 fully saturated rings. The molecule has 1 atom stereocenters. The van der Waals surface area contributed by atoms with Crippen molar-refractivity contribution in [1.29, 1.82) is 0 Å². The highest BCUT2D eigenvalue weighted by atomic mass is 19.1. The Morgan fingerprint density at radius 1 is 1.25 bits per heavy atom. The number of piperidine rings is 1. The van der Waals surface area contributed by atoms with Crippen LogP contribution in [0, 0.1) is 11.6 Å². The van der Waals surface area contributed by atoms with Gasteiger partial charge in [-0.15, -0.1) is 0 Å². The first-order chi connectivity index (χ1) is 9.65. The number of benzene rings is 1. The normalized spacial score (nSPS) is 20.1. The Bertz CT molecular complexity index is 430. The highest BCUT2D eigenvalue weighted by Gasteiger charge is 2.26. The van der Waals surface area contributed by atoms with Gasteiger partial charge in [-0.05, 0) is 19.4 Å². The SMILES string of the molecule is COCCN1CCCC(c2c(F)cc(OC)cc2F)C1. The van der Waals surface area contributed by atoms with Crippen LogP contribution in [0.3, 0.4) is 0 Å². The number of hydrogen-bond donors (Lipinski definition) is 0. The van der Waals surface area contributed by atoms with E-state index in [1.54, 1.807) is 7.11 Å². The first-order valence-electron chi connectivity index (χ1n) is 6.90. The fraction of sp³-hybridized carbons (Fsp3) is 0.600. The molecule has 1 heterocycles. The van der Waals surface area contributed by atoms with Gasteiger partial charge in [-0.25, -0.2) is 8.78 Å². The Kier molecular flexibility index (Phi) is 5.31. The molecular formula is C15H21F2NO2. The molecule has 0 bridgehead atoms. The summed E-state index contributed by atoms with van der Waals surface area (Å²) >= 11 is 0. The maximum atomic E-state index is 14.1. The fourth-order valence-corrected chi connectivity index (χ4v) is 2.78. The number of likely N-dealkylation sites (tertiary alicyclic amines) is 1. The molecule has 1 saturated heterocycles. The van der Waals surface area contributed by atoms with Crippen molar-refractivity contribution in [2.45, 2.75) is 18.8 Å². The van der Waals surface area contributed by atoms with Crippen LogP contribution in [0.5, 0.6) is 5.75 Å². The van der Waals surface area contributed by atoms with Crippen LogP contribution in [-0.2, 0) is 4.74 Å². The van der Waals surface area contributed by atoms with Crippen molar-refractivity contribution >= 4 is 0 Å². The van der Waals surface area contributed by atoms with Gasteiger partial charge in [0.15, 0.2) is 0 Å². The zero-order chi connectivity index (χ0) is 14.5. The minimum absolute atomic E-state index is 0.105. The summed E-state index contributed by atoms with van der Waals surface area (Å²) < 4.78 is 38.1. The van der Waals surface area contributed by atoms with Gasteiger partial charge in [0.2, 0.25) is 0 Å². The van der Waals surface area contributed by atoms with Crippen molar-refractivity contribution in [3.8, 4) is 5.75 Å². The van der Waals surface area contributed by atoms with E-state index in [0.29, 0.717) is 13.2 Å². The van der Waals surface area contributed by atoms with Gasteiger partial charge in [-0.1, -0.05) is 0 Å². The molecule has 1 aliphatic heterocycles. The van der Waals surface area contributed by atoms with Gasteiger partial charge in [-0.3, -0.25) is 0 Å². The monoisotopic (exact) mass is 285 g/mol. The van der Waals surface area contributed by atoms with Crippen molar-refractivity contribution in [3.05, 3.63) is 29.3 Å². The molecule has 3 nitrogen and oxygen atoms in total. The number of nitrogens with zero attached hydrogens (tertiary/aromatic N) is 1. The van der Waals surface area contributed by atoms with Crippen LogP contribution in [0.25, 0.3) is 0 Å². The van der Waals surface area contributed by atoms with E-state index in [-0.39, 0.29) is 17.2 Å². The van der Waals surface area contributed by atoms with Gasteiger partial charge in [0.05, 0.1) is 13.7 Å². The minimum Gasteiger partial charge on any atom is -0.497 e. The zero-order valence-corrected chi connectivity index (χ0v) is 12.0. The molecule has 0 saturated carbocycles. The van der Waals surface area contributed by atoms with Gasteiger partial charge in [0, 0.05) is 43.8 Å². The molecule has 1 aromatic rings. The van der Waals surface area contributed by atoms with Gasteiger partial charge in [0.1, 0.15) is 17.4 Å². The number of halogens is 2. The van der Waals surface area contributed by atoms with E-state index in [2.05, 4.69) is 4.90 Å². The molecule has 5 heteroatoms. The predicted octanol–water partition coefficient (Wildman–Crippen LogP) is 2.80. The third-order valence-electron chi connectivity index (χ3n) is 3.81. The number of methoxy groups -OCH3 is 2. The van der Waals surface area contributed by atoms with Crippen LogP contribution in [0.15, 0.2) is 12.1 Å². The molecule has 1 unspecified atom stereocenters. The first-order valence-corrected chi connectivity index (χ1v) is 6.90. The third kappa shape index (κ3) is 3.46. The van der Waals surface area contributed by atoms with Crippen LogP contribution < -0.4 is 4.74 Å². The summed E-state index contributed by atoms with van der Waals surface area (Å²) in [6.45, 7) is 3.06. The highest BCUT2D eigenvalue weighted by Crippen LogP contribution is 2.32. The summed E-state index contributed by atoms with van der Waals surface area (Å²) in [7, 11) is 3.06. The smallest absolute Gasteiger partial charge is 0.133 e. The summed E-state index contributed by atoms with van der Waals surface area (Å²) in [6, 6.07) is 2.51. The second-order valence-corrected chi connectivity index (χ2v) is 5.14. The van der Waals surface area contributed by atoms with E-state index in [4.69, 9.17) is 9.47 Å². The molecule has 0 aromatic heterocycles. The molecule has 112 valence electrons. The molecule has 1 aliphatic rings. The van der Waals surface area contributed by atoms with E-state index in [0.717, 1.165) is 25.9 Å². The van der Waals surface area contributed by atoms with Gasteiger partial charge >= 0.3 is 0 Å². The molecule has 0 radical (unpaired) electrons. The van der Waals surface area contributed by atoms with Crippen LogP contribution in [0.2, 0.25) is 0 Å². The van der Waals surface area contributed by atoms with Crippen LogP contribution in [-0.4, -0.2) is 45.4 Å². The molecular weight excluding hydrogens is 264 g/mol. The fourth-order valence-electron chi connectivity index (χ4n) is 2.78. The lowest BCUT2D eigenvalue weighted by atomic mass is 9.89. The van der Waals surface area contributed by atoms with E-state index in [1.165, 1.54) is 19.2 Å². The second-order valence-electron chi connectivity index (χ2n) is 5.14. The standard InChI is InChI=1S/C15H21F2NO2/c1-19-7-6-18-5-3-4-11(10-18)15-13(16)8-12(20-2)9-14(15)17/h8-9,11H,3-7,10H2,1-2H3. The van der Waals surface area contributed by atoms with Crippen molar-refractivity contribution < 1.29 is 18.3 Å². The van der Waals surface area contributed by atoms with Crippen LogP contribution >= 0.6 is 0 Å². The minimum atomic E-state index is -0.513. The lowest BCUT2D eigenvalue weighted by Gasteiger charge is -2.33. The quantitative estimate of drug-likeness (QED) is 0.830. The maximum Gasteiger partial charge on any atom is 0.133 e. The zero-order valence-electron chi connectivity index (χ0n) is 12.0. The molecule has 0 amide bonds. The maximum absolute atomic E-state index is 14.1. The van der Waals surface area contributed by atoms with Gasteiger partial charge in [0.25, 0.3) is 0 Å². The average molecular weight is 285 g/mol. The molecule has 2 rings (SSSR count). The predicted molar refractivity (Wildman–Crippen MR) is 73.2 cm³/mol. The summed E-state index contributed by atoms with van der Waals surface area (Å²) in [4.78, 5) is 2.20. The van der Waals surface area contributed by atoms with Crippen LogP contribution in [0.4, 0.5) is 8.78 Å². The largest absolute Gasteiger partial charge is 0.497 e. The van der Waals surface area contributed by atoms with Crippen molar-refractivity contribution in [1.82, 2.24) is 4.90 Å². The summed E-state index contributed by atoms with van der Waals surface area (Å²) in [5, 5.41) is 0. The van der Waals surface area contributed by atoms with E-state index >= 15 is 0 Å². The van der Waals surface area contributed by atoms with Gasteiger partial charge < -0.3 is 14.4 Å². The van der Waals surface area contributed by atoms with E-state index in [1.807, 2.05) is 0 Å². The van der Waals surface area contributed by atoms with E-state index in [9.17, 15) is 8.78 Å². The van der Waals surface area contributed by atoms with Crippen molar-refractivity contribution in [2.75, 3.05) is 40.5 Å². The summed E-state index contributed by atoms with van der Waals surface area (Å²) in [5.41, 5.74) is 0.188. The number of hydrogen-bond acceptors (Lipinski definition) is 3. The Labute approximate surface area is 118 Å². The number of ether oxygens (including phenoxy) is 2. The molecule has 0 aliphatic carbocycles. The Hall–Kier alpha value is -1.20. The van der Waals surface area contributed by atoms with Gasteiger partial charge in [-0.2, -0.15) is 0 Å². The topological polar surface area (TPSA) is 21.7 Å². The van der Waals surface area contributed by atoms with Crippen molar-refractivity contribution in [3.63, 3.8) is 0 Å². The molecule has 1 aromatic carbocycles. The lowest BCUT2D eigenvalue weighted by Crippen LogP contribution is -2.37. The first kappa shape index (κ1) is 15.2.